The largest absolute Gasteiger partial charge is 0.392 e. The minimum atomic E-state index is -0.323. The van der Waals surface area contributed by atoms with Crippen LogP contribution in [-0.2, 0) is 13.5 Å². The van der Waals surface area contributed by atoms with Crippen molar-refractivity contribution in [3.8, 4) is 0 Å². The molecule has 0 aliphatic heterocycles. The molecule has 1 aliphatic carbocycles. The topological polar surface area (TPSA) is 63.8 Å². The molecule has 1 N–H and O–H groups in total. The molecule has 1 saturated carbocycles. The molecule has 0 spiro atoms. The van der Waals surface area contributed by atoms with Crippen LogP contribution in [0.25, 0.3) is 0 Å². The first-order valence-electron chi connectivity index (χ1n) is 4.51. The molecule has 5 nitrogen and oxygen atoms in total. The predicted molar refractivity (Wildman–Crippen MR) is 45.8 cm³/mol. The van der Waals surface area contributed by atoms with Crippen molar-refractivity contribution in [3.05, 3.63) is 5.82 Å². The Balaban J connectivity index is 1.98. The lowest BCUT2D eigenvalue weighted by Crippen LogP contribution is -2.22. The van der Waals surface area contributed by atoms with Gasteiger partial charge in [-0.3, -0.25) is 0 Å². The summed E-state index contributed by atoms with van der Waals surface area (Å²) in [6, 6.07) is 0. The summed E-state index contributed by atoms with van der Waals surface area (Å²) in [6.07, 6.45) is 2.41. The van der Waals surface area contributed by atoms with Gasteiger partial charge in [-0.1, -0.05) is 6.92 Å². The first-order valence-corrected chi connectivity index (χ1v) is 4.51. The zero-order chi connectivity index (χ0) is 9.47. The molecule has 13 heavy (non-hydrogen) atoms. The van der Waals surface area contributed by atoms with Crippen LogP contribution in [0.1, 0.15) is 25.6 Å². The van der Waals surface area contributed by atoms with Crippen LogP contribution < -0.4 is 0 Å². The Morgan fingerprint density at radius 2 is 2.31 bits per heavy atom. The number of aryl methyl sites for hydroxylation is 1. The fourth-order valence-corrected chi connectivity index (χ4v) is 1.35. The second kappa shape index (κ2) is 2.77. The number of hydrogen-bond acceptors (Lipinski definition) is 4. The van der Waals surface area contributed by atoms with Crippen LogP contribution in [0.15, 0.2) is 0 Å². The van der Waals surface area contributed by atoms with E-state index >= 15 is 0 Å². The van der Waals surface area contributed by atoms with Crippen molar-refractivity contribution in [3.63, 3.8) is 0 Å². The van der Waals surface area contributed by atoms with E-state index in [0.717, 1.165) is 12.8 Å². The quantitative estimate of drug-likeness (QED) is 0.709. The lowest BCUT2D eigenvalue weighted by atomic mass is 9.99. The Labute approximate surface area is 76.8 Å². The minimum absolute atomic E-state index is 0.110. The van der Waals surface area contributed by atoms with Gasteiger partial charge < -0.3 is 5.11 Å². The van der Waals surface area contributed by atoms with Crippen LogP contribution in [0.4, 0.5) is 0 Å². The summed E-state index contributed by atoms with van der Waals surface area (Å²) < 4.78 is 0. The van der Waals surface area contributed by atoms with Gasteiger partial charge in [-0.05, 0) is 23.5 Å². The van der Waals surface area contributed by atoms with E-state index in [1.165, 1.54) is 4.80 Å². The van der Waals surface area contributed by atoms with Crippen LogP contribution >= 0.6 is 0 Å². The van der Waals surface area contributed by atoms with Crippen molar-refractivity contribution in [2.75, 3.05) is 0 Å². The van der Waals surface area contributed by atoms with Crippen molar-refractivity contribution < 1.29 is 5.11 Å². The maximum atomic E-state index is 9.79. The fourth-order valence-electron chi connectivity index (χ4n) is 1.35. The van der Waals surface area contributed by atoms with Crippen molar-refractivity contribution in [1.29, 1.82) is 0 Å². The van der Waals surface area contributed by atoms with E-state index in [1.807, 2.05) is 0 Å². The Kier molecular flexibility index (Phi) is 1.83. The zero-order valence-corrected chi connectivity index (χ0v) is 7.93. The summed E-state index contributed by atoms with van der Waals surface area (Å²) in [5.41, 5.74) is 0.110. The van der Waals surface area contributed by atoms with Gasteiger partial charge in [-0.25, -0.2) is 0 Å². The molecule has 1 fully saturated rings. The highest BCUT2D eigenvalue weighted by Crippen LogP contribution is 2.48. The summed E-state index contributed by atoms with van der Waals surface area (Å²) in [7, 11) is 1.72. The molecule has 0 radical (unpaired) electrons. The molecule has 2 rings (SSSR count). The number of rotatable bonds is 3. The Morgan fingerprint density at radius 1 is 1.62 bits per heavy atom. The maximum absolute atomic E-state index is 9.79. The average molecular weight is 182 g/mol. The molecule has 0 bridgehead atoms. The average Bonchev–Trinajstić information content (AvgIpc) is 2.69. The van der Waals surface area contributed by atoms with Crippen molar-refractivity contribution in [2.45, 2.75) is 32.3 Å². The van der Waals surface area contributed by atoms with Crippen LogP contribution in [0.3, 0.4) is 0 Å². The second-order valence-electron chi connectivity index (χ2n) is 4.07. The standard InChI is InChI=1S/C8H14N4O/c1-8(3-4-8)6(13)5-7-9-11-12(2)10-7/h6,13H,3-5H2,1-2H3. The smallest absolute Gasteiger partial charge is 0.177 e. The molecular weight excluding hydrogens is 168 g/mol. The molecule has 72 valence electrons. The number of aliphatic hydroxyl groups is 1. The van der Waals surface area contributed by atoms with Gasteiger partial charge in [0.2, 0.25) is 0 Å². The van der Waals surface area contributed by atoms with E-state index < -0.39 is 0 Å². The van der Waals surface area contributed by atoms with Gasteiger partial charge in [0.05, 0.1) is 13.2 Å². The van der Waals surface area contributed by atoms with Crippen molar-refractivity contribution in [2.24, 2.45) is 12.5 Å². The molecule has 1 atom stereocenters. The number of nitrogens with zero attached hydrogens (tertiary/aromatic N) is 4. The summed E-state index contributed by atoms with van der Waals surface area (Å²) in [4.78, 5) is 1.41. The van der Waals surface area contributed by atoms with Crippen LogP contribution in [0, 0.1) is 5.41 Å². The molecule has 0 amide bonds. The highest BCUT2D eigenvalue weighted by atomic mass is 16.3. The van der Waals surface area contributed by atoms with E-state index in [-0.39, 0.29) is 11.5 Å². The van der Waals surface area contributed by atoms with Crippen molar-refractivity contribution >= 4 is 0 Å². The van der Waals surface area contributed by atoms with Crippen LogP contribution in [0.5, 0.6) is 0 Å². The third-order valence-corrected chi connectivity index (χ3v) is 2.77. The number of aliphatic hydroxyl groups excluding tert-OH is 1. The molecule has 1 aromatic heterocycles. The summed E-state index contributed by atoms with van der Waals surface area (Å²) >= 11 is 0. The lowest BCUT2D eigenvalue weighted by Gasteiger charge is -2.14. The van der Waals surface area contributed by atoms with Gasteiger partial charge >= 0.3 is 0 Å². The normalized spacial score (nSPS) is 21.5. The zero-order valence-electron chi connectivity index (χ0n) is 7.93. The molecule has 5 heteroatoms. The molecule has 1 aliphatic rings. The van der Waals surface area contributed by atoms with E-state index in [9.17, 15) is 5.11 Å². The van der Waals surface area contributed by atoms with Gasteiger partial charge in [0.25, 0.3) is 0 Å². The Bertz CT molecular complexity index is 305. The molecule has 1 aromatic rings. The number of hydrogen-bond donors (Lipinski definition) is 1. The number of aromatic nitrogens is 4. The lowest BCUT2D eigenvalue weighted by molar-refractivity contribution is 0.101. The maximum Gasteiger partial charge on any atom is 0.177 e. The van der Waals surface area contributed by atoms with Crippen LogP contribution in [0.2, 0.25) is 0 Å². The highest BCUT2D eigenvalue weighted by molar-refractivity contribution is 4.98. The molecular formula is C8H14N4O. The third-order valence-electron chi connectivity index (χ3n) is 2.77. The summed E-state index contributed by atoms with van der Waals surface area (Å²) in [5, 5.41) is 21.4. The van der Waals surface area contributed by atoms with Gasteiger partial charge in [0.1, 0.15) is 0 Å². The van der Waals surface area contributed by atoms with E-state index in [4.69, 9.17) is 0 Å². The first kappa shape index (κ1) is 8.62. The summed E-state index contributed by atoms with van der Waals surface area (Å²) in [5.74, 6) is 0.628. The molecule has 0 saturated heterocycles. The van der Waals surface area contributed by atoms with Crippen LogP contribution in [-0.4, -0.2) is 31.4 Å². The molecule has 0 aromatic carbocycles. The highest BCUT2D eigenvalue weighted by Gasteiger charge is 2.44. The van der Waals surface area contributed by atoms with E-state index in [0.29, 0.717) is 12.2 Å². The first-order chi connectivity index (χ1) is 6.10. The monoisotopic (exact) mass is 182 g/mol. The minimum Gasteiger partial charge on any atom is -0.392 e. The Morgan fingerprint density at radius 3 is 2.77 bits per heavy atom. The van der Waals surface area contributed by atoms with E-state index in [1.54, 1.807) is 7.05 Å². The summed E-state index contributed by atoms with van der Waals surface area (Å²) in [6.45, 7) is 2.09. The molecule has 1 heterocycles. The van der Waals surface area contributed by atoms with E-state index in [2.05, 4.69) is 22.3 Å². The third kappa shape index (κ3) is 1.70. The Hall–Kier alpha value is -0.970. The van der Waals surface area contributed by atoms with Gasteiger partial charge in [-0.15, -0.1) is 10.2 Å². The second-order valence-corrected chi connectivity index (χ2v) is 4.07. The SMILES string of the molecule is Cn1nnc(CC(O)C2(C)CC2)n1. The fraction of sp³-hybridized carbons (Fsp3) is 0.875. The van der Waals surface area contributed by atoms with Gasteiger partial charge in [-0.2, -0.15) is 4.80 Å². The van der Waals surface area contributed by atoms with Crippen molar-refractivity contribution in [1.82, 2.24) is 20.2 Å². The number of tetrazole rings is 1. The van der Waals surface area contributed by atoms with Gasteiger partial charge in [0, 0.05) is 6.42 Å². The molecule has 1 unspecified atom stereocenters. The predicted octanol–water partition coefficient (Wildman–Crippen LogP) is -0.0864. The van der Waals surface area contributed by atoms with Gasteiger partial charge in [0.15, 0.2) is 5.82 Å².